The van der Waals surface area contributed by atoms with Crippen LogP contribution in [0.15, 0.2) is 46.9 Å². The van der Waals surface area contributed by atoms with E-state index in [9.17, 15) is 4.79 Å². The lowest BCUT2D eigenvalue weighted by atomic mass is 10.1. The van der Waals surface area contributed by atoms with Crippen LogP contribution in [-0.2, 0) is 6.54 Å². The summed E-state index contributed by atoms with van der Waals surface area (Å²) >= 11 is 9.39. The molecule has 0 aliphatic rings. The number of carbonyl (C=O) groups is 1. The van der Waals surface area contributed by atoms with E-state index in [1.807, 2.05) is 31.2 Å². The first-order chi connectivity index (χ1) is 9.08. The minimum atomic E-state index is -0.174. The summed E-state index contributed by atoms with van der Waals surface area (Å²) in [7, 11) is 0. The molecule has 0 atom stereocenters. The molecule has 1 amide bonds. The maximum Gasteiger partial charge on any atom is 0.253 e. The molecule has 2 aromatic rings. The van der Waals surface area contributed by atoms with Crippen LogP contribution in [0.25, 0.3) is 0 Å². The van der Waals surface area contributed by atoms with Gasteiger partial charge in [0.1, 0.15) is 0 Å². The summed E-state index contributed by atoms with van der Waals surface area (Å²) in [6, 6.07) is 13.3. The molecule has 0 unspecified atom stereocenters. The number of benzene rings is 2. The van der Waals surface area contributed by atoms with Crippen molar-refractivity contribution in [1.29, 1.82) is 0 Å². The predicted octanol–water partition coefficient (Wildman–Crippen LogP) is 4.34. The zero-order valence-corrected chi connectivity index (χ0v) is 12.8. The fourth-order valence-corrected chi connectivity index (χ4v) is 2.24. The molecular weight excluding hydrogens is 326 g/mol. The third kappa shape index (κ3) is 3.58. The van der Waals surface area contributed by atoms with Crippen LogP contribution in [0.1, 0.15) is 21.5 Å². The van der Waals surface area contributed by atoms with Crippen LogP contribution in [0.2, 0.25) is 5.02 Å². The highest BCUT2D eigenvalue weighted by Crippen LogP contribution is 2.25. The van der Waals surface area contributed by atoms with Gasteiger partial charge in [-0.1, -0.05) is 47.5 Å². The third-order valence-corrected chi connectivity index (χ3v) is 4.07. The van der Waals surface area contributed by atoms with Crippen molar-refractivity contribution in [3.63, 3.8) is 0 Å². The van der Waals surface area contributed by atoms with Crippen LogP contribution in [0.4, 0.5) is 0 Å². The van der Waals surface area contributed by atoms with Gasteiger partial charge in [-0.2, -0.15) is 0 Å². The van der Waals surface area contributed by atoms with Crippen molar-refractivity contribution in [3.8, 4) is 0 Å². The molecule has 0 saturated heterocycles. The molecule has 0 aromatic heterocycles. The Morgan fingerprint density at radius 3 is 2.58 bits per heavy atom. The second-order valence-corrected chi connectivity index (χ2v) is 5.50. The second kappa shape index (κ2) is 6.22. The van der Waals surface area contributed by atoms with Gasteiger partial charge < -0.3 is 5.32 Å². The average molecular weight is 339 g/mol. The van der Waals surface area contributed by atoms with Crippen molar-refractivity contribution >= 4 is 33.4 Å². The summed E-state index contributed by atoms with van der Waals surface area (Å²) in [4.78, 5) is 12.0. The summed E-state index contributed by atoms with van der Waals surface area (Å²) in [6.45, 7) is 2.52. The highest BCUT2D eigenvalue weighted by atomic mass is 79.9. The zero-order chi connectivity index (χ0) is 13.8. The SMILES string of the molecule is Cc1ccc(CNC(=O)c2cccc(Br)c2Cl)cc1. The molecule has 0 saturated carbocycles. The van der Waals surface area contributed by atoms with Gasteiger partial charge in [-0.25, -0.2) is 0 Å². The largest absolute Gasteiger partial charge is 0.348 e. The van der Waals surface area contributed by atoms with Crippen LogP contribution in [0.3, 0.4) is 0 Å². The van der Waals surface area contributed by atoms with Crippen molar-refractivity contribution in [1.82, 2.24) is 5.32 Å². The topological polar surface area (TPSA) is 29.1 Å². The first kappa shape index (κ1) is 14.1. The van der Waals surface area contributed by atoms with E-state index in [0.717, 1.165) is 10.0 Å². The van der Waals surface area contributed by atoms with Gasteiger partial charge in [0.15, 0.2) is 0 Å². The molecule has 4 heteroatoms. The molecule has 0 spiro atoms. The van der Waals surface area contributed by atoms with Gasteiger partial charge in [-0.05, 0) is 40.5 Å². The van der Waals surface area contributed by atoms with Gasteiger partial charge in [0.2, 0.25) is 0 Å². The fraction of sp³-hybridized carbons (Fsp3) is 0.133. The molecule has 0 heterocycles. The Kier molecular flexibility index (Phi) is 4.61. The van der Waals surface area contributed by atoms with Crippen LogP contribution in [0, 0.1) is 6.92 Å². The lowest BCUT2D eigenvalue weighted by Crippen LogP contribution is -2.23. The standard InChI is InChI=1S/C15H13BrClNO/c1-10-5-7-11(8-6-10)9-18-15(19)12-3-2-4-13(16)14(12)17/h2-8H,9H2,1H3,(H,18,19). The Morgan fingerprint density at radius 2 is 1.89 bits per heavy atom. The van der Waals surface area contributed by atoms with E-state index in [0.29, 0.717) is 17.1 Å². The van der Waals surface area contributed by atoms with E-state index in [1.54, 1.807) is 18.2 Å². The van der Waals surface area contributed by atoms with Crippen LogP contribution in [-0.4, -0.2) is 5.91 Å². The van der Waals surface area contributed by atoms with Crippen LogP contribution >= 0.6 is 27.5 Å². The predicted molar refractivity (Wildman–Crippen MR) is 81.5 cm³/mol. The number of aryl methyl sites for hydroxylation is 1. The lowest BCUT2D eigenvalue weighted by molar-refractivity contribution is 0.0951. The average Bonchev–Trinajstić information content (AvgIpc) is 2.41. The Hall–Kier alpha value is -1.32. The molecule has 2 aromatic carbocycles. The number of rotatable bonds is 3. The van der Waals surface area contributed by atoms with Gasteiger partial charge in [0.25, 0.3) is 5.91 Å². The van der Waals surface area contributed by atoms with Gasteiger partial charge in [-0.3, -0.25) is 4.79 Å². The van der Waals surface area contributed by atoms with Crippen molar-refractivity contribution < 1.29 is 4.79 Å². The smallest absolute Gasteiger partial charge is 0.253 e. The molecule has 0 aliphatic carbocycles. The number of amides is 1. The molecule has 2 rings (SSSR count). The van der Waals surface area contributed by atoms with Crippen molar-refractivity contribution in [2.75, 3.05) is 0 Å². The molecule has 1 N–H and O–H groups in total. The highest BCUT2D eigenvalue weighted by Gasteiger charge is 2.11. The molecule has 19 heavy (non-hydrogen) atoms. The first-order valence-electron chi connectivity index (χ1n) is 5.85. The zero-order valence-electron chi connectivity index (χ0n) is 10.4. The molecule has 98 valence electrons. The fourth-order valence-electron chi connectivity index (χ4n) is 1.66. The molecule has 0 aliphatic heterocycles. The number of carbonyl (C=O) groups excluding carboxylic acids is 1. The number of hydrogen-bond donors (Lipinski definition) is 1. The van der Waals surface area contributed by atoms with Crippen LogP contribution < -0.4 is 5.32 Å². The minimum absolute atomic E-state index is 0.174. The first-order valence-corrected chi connectivity index (χ1v) is 7.03. The van der Waals surface area contributed by atoms with E-state index in [1.165, 1.54) is 5.56 Å². The second-order valence-electron chi connectivity index (χ2n) is 4.27. The van der Waals surface area contributed by atoms with Crippen molar-refractivity contribution in [3.05, 3.63) is 68.7 Å². The minimum Gasteiger partial charge on any atom is -0.348 e. The molecule has 2 nitrogen and oxygen atoms in total. The van der Waals surface area contributed by atoms with Crippen molar-refractivity contribution in [2.24, 2.45) is 0 Å². The van der Waals surface area contributed by atoms with Gasteiger partial charge >= 0.3 is 0 Å². The van der Waals surface area contributed by atoms with Gasteiger partial charge in [0.05, 0.1) is 10.6 Å². The Bertz CT molecular complexity index is 596. The summed E-state index contributed by atoms with van der Waals surface area (Å²) < 4.78 is 0.720. The highest BCUT2D eigenvalue weighted by molar-refractivity contribution is 9.10. The van der Waals surface area contributed by atoms with Gasteiger partial charge in [0, 0.05) is 11.0 Å². The Morgan fingerprint density at radius 1 is 1.21 bits per heavy atom. The van der Waals surface area contributed by atoms with E-state index in [2.05, 4.69) is 21.2 Å². The number of nitrogens with one attached hydrogen (secondary N) is 1. The normalized spacial score (nSPS) is 10.3. The molecule has 0 fully saturated rings. The summed E-state index contributed by atoms with van der Waals surface area (Å²) in [5.74, 6) is -0.174. The van der Waals surface area contributed by atoms with Gasteiger partial charge in [-0.15, -0.1) is 0 Å². The maximum atomic E-state index is 12.0. The van der Waals surface area contributed by atoms with Crippen molar-refractivity contribution in [2.45, 2.75) is 13.5 Å². The van der Waals surface area contributed by atoms with Crippen LogP contribution in [0.5, 0.6) is 0 Å². The van der Waals surface area contributed by atoms with E-state index < -0.39 is 0 Å². The Balaban J connectivity index is 2.05. The summed E-state index contributed by atoms with van der Waals surface area (Å²) in [6.07, 6.45) is 0. The lowest BCUT2D eigenvalue weighted by Gasteiger charge is -2.08. The monoisotopic (exact) mass is 337 g/mol. The summed E-state index contributed by atoms with van der Waals surface area (Å²) in [5.41, 5.74) is 2.73. The molecule has 0 bridgehead atoms. The number of hydrogen-bond acceptors (Lipinski definition) is 1. The Labute approximate surface area is 125 Å². The molecule has 0 radical (unpaired) electrons. The third-order valence-electron chi connectivity index (χ3n) is 2.77. The summed E-state index contributed by atoms with van der Waals surface area (Å²) in [5, 5.41) is 3.29. The molecular formula is C15H13BrClNO. The number of halogens is 2. The van der Waals surface area contributed by atoms with E-state index >= 15 is 0 Å². The van der Waals surface area contributed by atoms with E-state index in [-0.39, 0.29) is 5.91 Å². The maximum absolute atomic E-state index is 12.0. The quantitative estimate of drug-likeness (QED) is 0.886. The van der Waals surface area contributed by atoms with E-state index in [4.69, 9.17) is 11.6 Å².